The zero-order chi connectivity index (χ0) is 8.77. The second kappa shape index (κ2) is 2.42. The van der Waals surface area contributed by atoms with E-state index in [4.69, 9.17) is 14.6 Å². The van der Waals surface area contributed by atoms with E-state index in [0.717, 1.165) is 0 Å². The minimum Gasteiger partial charge on any atom is -0.479 e. The molecule has 2 fully saturated rings. The summed E-state index contributed by atoms with van der Waals surface area (Å²) in [6, 6.07) is 0. The third kappa shape index (κ3) is 1.01. The van der Waals surface area contributed by atoms with E-state index in [-0.39, 0.29) is 0 Å². The molecule has 2 aliphatic rings. The maximum Gasteiger partial charge on any atom is 0.336 e. The van der Waals surface area contributed by atoms with Crippen molar-refractivity contribution in [2.24, 2.45) is 0 Å². The molecule has 0 aromatic carbocycles. The molecule has 5 heteroatoms. The predicted octanol–water partition coefficient (Wildman–Crippen LogP) is -0.826. The normalized spacial score (nSPS) is 46.1. The lowest BCUT2D eigenvalue weighted by Gasteiger charge is -2.29. The molecule has 0 aromatic rings. The molecular formula is C7H11NO4. The monoisotopic (exact) mass is 173 g/mol. The van der Waals surface area contributed by atoms with Crippen LogP contribution >= 0.6 is 0 Å². The Morgan fingerprint density at radius 1 is 1.75 bits per heavy atom. The Morgan fingerprint density at radius 3 is 3.08 bits per heavy atom. The molecule has 0 unspecified atom stereocenters. The van der Waals surface area contributed by atoms with Crippen molar-refractivity contribution in [2.45, 2.75) is 24.9 Å². The molecule has 3 atom stereocenters. The SMILES string of the molecule is C[C@]12CNC[C@@H](O[C@H]1C(=O)O)O2. The van der Waals surface area contributed by atoms with Crippen molar-refractivity contribution in [1.29, 1.82) is 0 Å². The van der Waals surface area contributed by atoms with Crippen molar-refractivity contribution in [3.05, 3.63) is 0 Å². The first kappa shape index (κ1) is 7.97. The van der Waals surface area contributed by atoms with Crippen LogP contribution in [0, 0.1) is 0 Å². The van der Waals surface area contributed by atoms with Gasteiger partial charge < -0.3 is 19.9 Å². The van der Waals surface area contributed by atoms with Gasteiger partial charge in [0, 0.05) is 13.1 Å². The summed E-state index contributed by atoms with van der Waals surface area (Å²) >= 11 is 0. The fourth-order valence-corrected chi connectivity index (χ4v) is 1.67. The van der Waals surface area contributed by atoms with Crippen LogP contribution in [0.3, 0.4) is 0 Å². The maximum atomic E-state index is 10.7. The Kier molecular flexibility index (Phi) is 1.61. The maximum absolute atomic E-state index is 10.7. The second-order valence-electron chi connectivity index (χ2n) is 3.35. The molecule has 0 spiro atoms. The molecular weight excluding hydrogens is 162 g/mol. The fourth-order valence-electron chi connectivity index (χ4n) is 1.67. The topological polar surface area (TPSA) is 67.8 Å². The van der Waals surface area contributed by atoms with Gasteiger partial charge in [-0.1, -0.05) is 0 Å². The van der Waals surface area contributed by atoms with Crippen molar-refractivity contribution in [2.75, 3.05) is 13.1 Å². The van der Waals surface area contributed by atoms with Gasteiger partial charge >= 0.3 is 5.97 Å². The van der Waals surface area contributed by atoms with Crippen LogP contribution < -0.4 is 5.32 Å². The van der Waals surface area contributed by atoms with Gasteiger partial charge in [0.1, 0.15) is 5.60 Å². The molecule has 68 valence electrons. The van der Waals surface area contributed by atoms with Gasteiger partial charge in [0.2, 0.25) is 0 Å². The van der Waals surface area contributed by atoms with Gasteiger partial charge in [0.25, 0.3) is 0 Å². The number of morpholine rings is 1. The number of rotatable bonds is 1. The highest BCUT2D eigenvalue weighted by Crippen LogP contribution is 2.31. The van der Waals surface area contributed by atoms with Crippen LogP contribution in [0.2, 0.25) is 0 Å². The summed E-state index contributed by atoms with van der Waals surface area (Å²) in [5.41, 5.74) is -0.700. The molecule has 0 saturated carbocycles. The third-order valence-electron chi connectivity index (χ3n) is 2.25. The molecule has 2 bridgehead atoms. The van der Waals surface area contributed by atoms with Gasteiger partial charge in [-0.25, -0.2) is 4.79 Å². The van der Waals surface area contributed by atoms with Crippen LogP contribution in [0.15, 0.2) is 0 Å². The van der Waals surface area contributed by atoms with Crippen LogP contribution in [0.5, 0.6) is 0 Å². The quantitative estimate of drug-likeness (QED) is 0.542. The van der Waals surface area contributed by atoms with E-state index in [1.165, 1.54) is 0 Å². The highest BCUT2D eigenvalue weighted by Gasteiger charge is 2.52. The van der Waals surface area contributed by atoms with Crippen LogP contribution in [-0.4, -0.2) is 42.2 Å². The predicted molar refractivity (Wildman–Crippen MR) is 38.7 cm³/mol. The zero-order valence-electron chi connectivity index (χ0n) is 6.74. The number of carboxylic acids is 1. The Morgan fingerprint density at radius 2 is 2.50 bits per heavy atom. The summed E-state index contributed by atoms with van der Waals surface area (Å²) in [6.07, 6.45) is -1.23. The second-order valence-corrected chi connectivity index (χ2v) is 3.35. The number of hydrogen-bond acceptors (Lipinski definition) is 4. The highest BCUT2D eigenvalue weighted by molar-refractivity contribution is 5.74. The summed E-state index contributed by atoms with van der Waals surface area (Å²) in [7, 11) is 0. The molecule has 0 aliphatic carbocycles. The molecule has 2 aliphatic heterocycles. The van der Waals surface area contributed by atoms with Crippen molar-refractivity contribution >= 4 is 5.97 Å². The largest absolute Gasteiger partial charge is 0.479 e. The first-order valence-corrected chi connectivity index (χ1v) is 3.89. The van der Waals surface area contributed by atoms with E-state index in [2.05, 4.69) is 5.32 Å². The fraction of sp³-hybridized carbons (Fsp3) is 0.857. The average Bonchev–Trinajstić information content (AvgIpc) is 2.21. The van der Waals surface area contributed by atoms with Gasteiger partial charge in [-0.2, -0.15) is 0 Å². The molecule has 0 radical (unpaired) electrons. The number of nitrogens with one attached hydrogen (secondary N) is 1. The molecule has 2 saturated heterocycles. The van der Waals surface area contributed by atoms with Crippen LogP contribution in [0.4, 0.5) is 0 Å². The Balaban J connectivity index is 2.21. The average molecular weight is 173 g/mol. The summed E-state index contributed by atoms with van der Waals surface area (Å²) in [6.45, 7) is 2.85. The van der Waals surface area contributed by atoms with Crippen molar-refractivity contribution in [1.82, 2.24) is 5.32 Å². The number of carboxylic acid groups (broad SMARTS) is 1. The van der Waals surface area contributed by atoms with Crippen molar-refractivity contribution < 1.29 is 19.4 Å². The lowest BCUT2D eigenvalue weighted by Crippen LogP contribution is -2.52. The molecule has 2 rings (SSSR count). The lowest BCUT2D eigenvalue weighted by atomic mass is 9.99. The summed E-state index contributed by atoms with van der Waals surface area (Å²) in [4.78, 5) is 10.7. The van der Waals surface area contributed by atoms with E-state index in [0.29, 0.717) is 13.1 Å². The van der Waals surface area contributed by atoms with Gasteiger partial charge in [-0.3, -0.25) is 0 Å². The molecule has 0 amide bonds. The van der Waals surface area contributed by atoms with E-state index in [1.54, 1.807) is 6.92 Å². The number of fused-ring (bicyclic) bond motifs is 2. The van der Waals surface area contributed by atoms with E-state index in [1.807, 2.05) is 0 Å². The van der Waals surface area contributed by atoms with E-state index < -0.39 is 24.0 Å². The van der Waals surface area contributed by atoms with Gasteiger partial charge in [0.05, 0.1) is 0 Å². The molecule has 12 heavy (non-hydrogen) atoms. The van der Waals surface area contributed by atoms with Crippen molar-refractivity contribution in [3.63, 3.8) is 0 Å². The number of hydrogen-bond donors (Lipinski definition) is 2. The van der Waals surface area contributed by atoms with Crippen LogP contribution in [-0.2, 0) is 14.3 Å². The first-order chi connectivity index (χ1) is 5.62. The summed E-state index contributed by atoms with van der Waals surface area (Å²) < 4.78 is 10.6. The third-order valence-corrected chi connectivity index (χ3v) is 2.25. The lowest BCUT2D eigenvalue weighted by molar-refractivity contribution is -0.150. The molecule has 2 N–H and O–H groups in total. The minimum absolute atomic E-state index is 0.398. The Bertz CT molecular complexity index is 219. The number of aliphatic carboxylic acids is 1. The van der Waals surface area contributed by atoms with E-state index in [9.17, 15) is 4.79 Å². The molecule has 2 heterocycles. The van der Waals surface area contributed by atoms with Crippen LogP contribution in [0.25, 0.3) is 0 Å². The minimum atomic E-state index is -0.955. The summed E-state index contributed by atoms with van der Waals surface area (Å²) in [5, 5.41) is 11.9. The van der Waals surface area contributed by atoms with Gasteiger partial charge in [-0.05, 0) is 6.92 Å². The van der Waals surface area contributed by atoms with Crippen LogP contribution in [0.1, 0.15) is 6.92 Å². The first-order valence-electron chi connectivity index (χ1n) is 3.89. The summed E-state index contributed by atoms with van der Waals surface area (Å²) in [5.74, 6) is -0.955. The number of carbonyl (C=O) groups is 1. The highest BCUT2D eigenvalue weighted by atomic mass is 16.7. The standard InChI is InChI=1S/C7H11NO4/c1-7-3-8-2-4(12-7)11-5(7)6(9)10/h4-5,8H,2-3H2,1H3,(H,9,10)/t4-,5-,7-/m0/s1. The Labute approximate surface area is 69.6 Å². The molecule has 5 nitrogen and oxygen atoms in total. The molecule has 0 aromatic heterocycles. The smallest absolute Gasteiger partial charge is 0.336 e. The van der Waals surface area contributed by atoms with E-state index >= 15 is 0 Å². The Hall–Kier alpha value is -0.650. The number of ether oxygens (including phenoxy) is 2. The zero-order valence-corrected chi connectivity index (χ0v) is 6.74. The van der Waals surface area contributed by atoms with Gasteiger partial charge in [0.15, 0.2) is 12.4 Å². The van der Waals surface area contributed by atoms with Crippen molar-refractivity contribution in [3.8, 4) is 0 Å². The van der Waals surface area contributed by atoms with Gasteiger partial charge in [-0.15, -0.1) is 0 Å².